The van der Waals surface area contributed by atoms with Crippen LogP contribution in [0.25, 0.3) is 0 Å². The molecule has 2 N–H and O–H groups in total. The van der Waals surface area contributed by atoms with Crippen molar-refractivity contribution < 1.29 is 19.3 Å². The van der Waals surface area contributed by atoms with Crippen molar-refractivity contribution in [3.63, 3.8) is 0 Å². The molecule has 0 heterocycles. The van der Waals surface area contributed by atoms with Gasteiger partial charge in [-0.05, 0) is 36.8 Å². The summed E-state index contributed by atoms with van der Waals surface area (Å²) < 4.78 is 4.26. The largest absolute Gasteiger partial charge is 0.504 e. The molecule has 4 nitrogen and oxygen atoms in total. The molecule has 0 spiro atoms. The molecule has 1 aromatic rings. The van der Waals surface area contributed by atoms with E-state index in [0.717, 1.165) is 38.5 Å². The molecule has 0 aromatic heterocycles. The molecule has 0 aliphatic heterocycles. The van der Waals surface area contributed by atoms with Gasteiger partial charge in [0.15, 0.2) is 11.5 Å². The van der Waals surface area contributed by atoms with Crippen molar-refractivity contribution in [1.82, 2.24) is 0 Å². The highest BCUT2D eigenvalue weighted by Gasteiger charge is 2.27. The molecule has 0 unspecified atom stereocenters. The fraction of sp³-hybridized carbons (Fsp3) is 0.588. The summed E-state index contributed by atoms with van der Waals surface area (Å²) in [7, 11) is 0. The van der Waals surface area contributed by atoms with E-state index in [0.29, 0.717) is 24.0 Å². The van der Waals surface area contributed by atoms with E-state index in [4.69, 9.17) is 23.5 Å². The number of unbranched alkanes of at least 4 members (excludes halogenated alkanes) is 4. The summed E-state index contributed by atoms with van der Waals surface area (Å²) >= 11 is 11.4. The number of carbonyl (C=O) groups excluding carboxylic acids is 1. The maximum Gasteiger partial charge on any atom is 0.360 e. The molecule has 0 saturated carbocycles. The summed E-state index contributed by atoms with van der Waals surface area (Å²) in [6, 6.07) is 0. The molecule has 0 radical (unpaired) electrons. The van der Waals surface area contributed by atoms with Crippen LogP contribution in [-0.4, -0.2) is 16.2 Å². The number of halogens is 2. The summed E-state index contributed by atoms with van der Waals surface area (Å²) in [5.74, 6) is -1.93. The van der Waals surface area contributed by atoms with Gasteiger partial charge in [-0.25, -0.2) is 4.79 Å². The number of rotatable bonds is 9. The molecule has 0 bridgehead atoms. The van der Waals surface area contributed by atoms with E-state index in [9.17, 15) is 15.0 Å². The highest BCUT2D eigenvalue weighted by atomic mass is 35.5. The van der Waals surface area contributed by atoms with E-state index in [2.05, 4.69) is 18.1 Å². The number of hydrogen-bond acceptors (Lipinski definition) is 4. The lowest BCUT2D eigenvalue weighted by Crippen LogP contribution is -2.09. The Morgan fingerprint density at radius 2 is 1.48 bits per heavy atom. The average Bonchev–Trinajstić information content (AvgIpc) is 2.55. The topological polar surface area (TPSA) is 66.8 Å². The van der Waals surface area contributed by atoms with Crippen LogP contribution in [0.4, 0.5) is 0 Å². The van der Waals surface area contributed by atoms with Gasteiger partial charge in [0.2, 0.25) is 0 Å². The van der Waals surface area contributed by atoms with Crippen molar-refractivity contribution in [2.45, 2.75) is 65.2 Å². The second-order valence-electron chi connectivity index (χ2n) is 5.62. The first-order valence-electron chi connectivity index (χ1n) is 8.07. The van der Waals surface area contributed by atoms with Crippen molar-refractivity contribution in [3.05, 3.63) is 21.7 Å². The summed E-state index contributed by atoms with van der Waals surface area (Å²) in [4.78, 5) is 12.0. The molecule has 1 rings (SSSR count). The number of benzene rings is 1. The maximum atomic E-state index is 12.0. The Hall–Kier alpha value is -1.13. The van der Waals surface area contributed by atoms with Crippen LogP contribution in [0.5, 0.6) is 11.5 Å². The van der Waals surface area contributed by atoms with E-state index in [1.165, 1.54) is 0 Å². The number of phenolic OH excluding ortho intramolecular Hbond substituents is 2. The number of aromatic hydroxyl groups is 2. The van der Waals surface area contributed by atoms with E-state index in [1.54, 1.807) is 0 Å². The van der Waals surface area contributed by atoms with E-state index in [1.807, 2.05) is 0 Å². The predicted molar refractivity (Wildman–Crippen MR) is 92.5 cm³/mol. The molecule has 0 saturated heterocycles. The van der Waals surface area contributed by atoms with E-state index >= 15 is 0 Å². The van der Waals surface area contributed by atoms with E-state index < -0.39 is 17.5 Å². The van der Waals surface area contributed by atoms with Gasteiger partial charge in [-0.15, -0.1) is 0 Å². The van der Waals surface area contributed by atoms with Gasteiger partial charge >= 0.3 is 5.97 Å². The van der Waals surface area contributed by atoms with Crippen LogP contribution in [0.15, 0.2) is 0 Å². The highest BCUT2D eigenvalue weighted by molar-refractivity contribution is 6.33. The van der Waals surface area contributed by atoms with Crippen LogP contribution >= 0.6 is 23.5 Å². The minimum Gasteiger partial charge on any atom is -0.504 e. The highest BCUT2D eigenvalue weighted by Crippen LogP contribution is 2.43. The van der Waals surface area contributed by atoms with Crippen LogP contribution in [0, 0.1) is 0 Å². The zero-order valence-electron chi connectivity index (χ0n) is 13.6. The van der Waals surface area contributed by atoms with Gasteiger partial charge in [-0.3, -0.25) is 0 Å². The molecule has 23 heavy (non-hydrogen) atoms. The molecular weight excluding hydrogens is 339 g/mol. The van der Waals surface area contributed by atoms with Gasteiger partial charge in [0, 0.05) is 0 Å². The normalized spacial score (nSPS) is 10.8. The van der Waals surface area contributed by atoms with Gasteiger partial charge in [0.05, 0.1) is 5.02 Å². The Kier molecular flexibility index (Phi) is 8.56. The zero-order chi connectivity index (χ0) is 17.4. The van der Waals surface area contributed by atoms with Crippen molar-refractivity contribution in [3.8, 4) is 11.5 Å². The molecular formula is C17H24Cl2O4. The summed E-state index contributed by atoms with van der Waals surface area (Å²) in [6.45, 7) is 4.17. The first-order chi connectivity index (χ1) is 11.0. The smallest absolute Gasteiger partial charge is 0.360 e. The zero-order valence-corrected chi connectivity index (χ0v) is 15.1. The summed E-state index contributed by atoms with van der Waals surface area (Å²) in [5.41, 5.74) is 1.24. The predicted octanol–water partition coefficient (Wildman–Crippen LogP) is 5.53. The average molecular weight is 363 g/mol. The first kappa shape index (κ1) is 19.9. The second-order valence-corrected chi connectivity index (χ2v) is 6.15. The molecule has 0 aliphatic rings. The molecule has 0 atom stereocenters. The molecule has 0 aliphatic carbocycles. The number of hydrogen-bond donors (Lipinski definition) is 2. The van der Waals surface area contributed by atoms with Gasteiger partial charge in [-0.2, -0.15) is 0 Å². The van der Waals surface area contributed by atoms with Gasteiger partial charge in [0.1, 0.15) is 17.4 Å². The number of phenols is 2. The quantitative estimate of drug-likeness (QED) is 0.447. The molecule has 0 fully saturated rings. The Morgan fingerprint density at radius 3 is 1.96 bits per heavy atom. The molecule has 6 heteroatoms. The van der Waals surface area contributed by atoms with Crippen LogP contribution in [0.3, 0.4) is 0 Å². The Labute approximate surface area is 147 Å². The van der Waals surface area contributed by atoms with Crippen LogP contribution < -0.4 is 0 Å². The Bertz CT molecular complexity index is 544. The lowest BCUT2D eigenvalue weighted by molar-refractivity contribution is 0.0746. The Morgan fingerprint density at radius 1 is 0.957 bits per heavy atom. The SMILES string of the molecule is CCCCCc1c(Cl)c(O)c(O)c(C(=O)OCl)c1CCCCC. The molecule has 1 aromatic carbocycles. The summed E-state index contributed by atoms with van der Waals surface area (Å²) in [5, 5.41) is 20.3. The lowest BCUT2D eigenvalue weighted by atomic mass is 9.91. The van der Waals surface area contributed by atoms with Crippen LogP contribution in [0.1, 0.15) is 73.9 Å². The van der Waals surface area contributed by atoms with Gasteiger partial charge in [-0.1, -0.05) is 51.1 Å². The minimum atomic E-state index is -0.876. The third-order valence-corrected chi connectivity index (χ3v) is 4.48. The third kappa shape index (κ3) is 4.92. The Balaban J connectivity index is 3.37. The first-order valence-corrected chi connectivity index (χ1v) is 8.76. The van der Waals surface area contributed by atoms with Crippen molar-refractivity contribution >= 4 is 29.4 Å². The standard InChI is InChI=1S/C17H24Cl2O4/c1-3-5-7-9-11-12(10-8-6-4-2)14(18)16(21)15(20)13(11)17(22)23-19/h20-21H,3-10H2,1-2H3. The van der Waals surface area contributed by atoms with Gasteiger partial charge in [0.25, 0.3) is 0 Å². The third-order valence-electron chi connectivity index (χ3n) is 3.93. The molecule has 130 valence electrons. The molecule has 0 amide bonds. The van der Waals surface area contributed by atoms with Crippen molar-refractivity contribution in [2.24, 2.45) is 0 Å². The fourth-order valence-corrected chi connectivity index (χ4v) is 3.07. The lowest BCUT2D eigenvalue weighted by Gasteiger charge is -2.18. The summed E-state index contributed by atoms with van der Waals surface area (Å²) in [6.07, 6.45) is 7.01. The van der Waals surface area contributed by atoms with Crippen molar-refractivity contribution in [2.75, 3.05) is 0 Å². The maximum absolute atomic E-state index is 12.0. The fourth-order valence-electron chi connectivity index (χ4n) is 2.69. The monoisotopic (exact) mass is 362 g/mol. The van der Waals surface area contributed by atoms with Crippen LogP contribution in [0.2, 0.25) is 5.02 Å². The van der Waals surface area contributed by atoms with Gasteiger partial charge < -0.3 is 14.5 Å². The van der Waals surface area contributed by atoms with E-state index in [-0.39, 0.29) is 10.6 Å². The van der Waals surface area contributed by atoms with Crippen molar-refractivity contribution in [1.29, 1.82) is 0 Å². The second kappa shape index (κ2) is 9.89. The van der Waals surface area contributed by atoms with Crippen LogP contribution in [-0.2, 0) is 17.1 Å². The number of carbonyl (C=O) groups is 1. The minimum absolute atomic E-state index is 0.0792.